The van der Waals surface area contributed by atoms with E-state index in [1.807, 2.05) is 107 Å². The first-order valence-electron chi connectivity index (χ1n) is 13.2. The molecule has 3 aromatic rings. The molecular formula is C33H31NO3. The lowest BCUT2D eigenvalue weighted by atomic mass is 9.60. The summed E-state index contributed by atoms with van der Waals surface area (Å²) in [4.78, 5) is 44.8. The van der Waals surface area contributed by atoms with Crippen molar-refractivity contribution in [3.05, 3.63) is 101 Å². The van der Waals surface area contributed by atoms with E-state index in [-0.39, 0.29) is 17.6 Å². The summed E-state index contributed by atoms with van der Waals surface area (Å²) in [7, 11) is 0. The number of ketones is 1. The molecule has 2 amide bonds. The molecule has 4 heteroatoms. The van der Waals surface area contributed by atoms with Crippen molar-refractivity contribution in [2.75, 3.05) is 4.90 Å². The quantitative estimate of drug-likeness (QED) is 0.389. The lowest BCUT2D eigenvalue weighted by Gasteiger charge is -2.38. The van der Waals surface area contributed by atoms with Crippen molar-refractivity contribution >= 4 is 34.4 Å². The lowest BCUT2D eigenvalue weighted by molar-refractivity contribution is -0.134. The Balaban J connectivity index is 1.67. The summed E-state index contributed by atoms with van der Waals surface area (Å²) in [6, 6.07) is 25.8. The van der Waals surface area contributed by atoms with Crippen molar-refractivity contribution in [3.8, 4) is 0 Å². The van der Waals surface area contributed by atoms with E-state index in [2.05, 4.69) is 0 Å². The van der Waals surface area contributed by atoms with Crippen LogP contribution in [0.3, 0.4) is 0 Å². The molecule has 4 atom stereocenters. The van der Waals surface area contributed by atoms with Gasteiger partial charge >= 0.3 is 0 Å². The molecule has 0 unspecified atom stereocenters. The highest BCUT2D eigenvalue weighted by Crippen LogP contribution is 2.75. The molecule has 37 heavy (non-hydrogen) atoms. The molecule has 1 aliphatic heterocycles. The first kappa shape index (κ1) is 23.6. The fourth-order valence-electron chi connectivity index (χ4n) is 7.79. The van der Waals surface area contributed by atoms with Gasteiger partial charge in [0.15, 0.2) is 5.78 Å². The minimum atomic E-state index is -1.05. The molecule has 186 valence electrons. The van der Waals surface area contributed by atoms with E-state index in [0.717, 1.165) is 33.4 Å². The average molecular weight is 490 g/mol. The van der Waals surface area contributed by atoms with Crippen LogP contribution >= 0.6 is 0 Å². The zero-order chi connectivity index (χ0) is 26.1. The summed E-state index contributed by atoms with van der Waals surface area (Å²) >= 11 is 0. The number of anilines is 1. The molecule has 0 aromatic heterocycles. The summed E-state index contributed by atoms with van der Waals surface area (Å²) in [6.45, 7) is 7.93. The summed E-state index contributed by atoms with van der Waals surface area (Å²) < 4.78 is 0. The van der Waals surface area contributed by atoms with Crippen LogP contribution in [0.5, 0.6) is 0 Å². The van der Waals surface area contributed by atoms with E-state index in [9.17, 15) is 14.4 Å². The Kier molecular flexibility index (Phi) is 5.17. The fraction of sp³-hybridized carbons (Fsp3) is 0.303. The molecular weight excluding hydrogens is 458 g/mol. The third-order valence-electron chi connectivity index (χ3n) is 9.03. The SMILES string of the molecule is CC[C@]12C(=O)[C@](CC)(C(c3ccccc3)=C1c1ccccc1)[C@H]1C(=O)N(c3cc(C)cc(C)c3)C(=O)[C@H]12. The molecule has 0 radical (unpaired) electrons. The van der Waals surface area contributed by atoms with Crippen LogP contribution in [-0.4, -0.2) is 17.6 Å². The number of hydrogen-bond acceptors (Lipinski definition) is 3. The number of aryl methyl sites for hydroxylation is 2. The van der Waals surface area contributed by atoms with Crippen LogP contribution in [0.4, 0.5) is 5.69 Å². The zero-order valence-corrected chi connectivity index (χ0v) is 21.7. The Morgan fingerprint density at radius 1 is 0.649 bits per heavy atom. The van der Waals surface area contributed by atoms with E-state index in [1.165, 1.54) is 4.90 Å². The maximum atomic E-state index is 14.7. The van der Waals surface area contributed by atoms with Gasteiger partial charge in [0.1, 0.15) is 0 Å². The predicted molar refractivity (Wildman–Crippen MR) is 146 cm³/mol. The topological polar surface area (TPSA) is 54.5 Å². The number of hydrogen-bond donors (Lipinski definition) is 0. The van der Waals surface area contributed by atoms with Gasteiger partial charge in [0.05, 0.1) is 28.4 Å². The summed E-state index contributed by atoms with van der Waals surface area (Å²) in [5, 5.41) is 0. The Morgan fingerprint density at radius 3 is 1.43 bits per heavy atom. The van der Waals surface area contributed by atoms with Crippen molar-refractivity contribution < 1.29 is 14.4 Å². The first-order valence-corrected chi connectivity index (χ1v) is 13.2. The number of Topliss-reactive ketones (excluding diaryl/α,β-unsaturated/α-hetero) is 1. The maximum Gasteiger partial charge on any atom is 0.239 e. The van der Waals surface area contributed by atoms with E-state index in [1.54, 1.807) is 0 Å². The minimum Gasteiger partial charge on any atom is -0.298 e. The molecule has 6 rings (SSSR count). The Bertz CT molecular complexity index is 1380. The Hall–Kier alpha value is -3.79. The number of amides is 2. The van der Waals surface area contributed by atoms with Crippen LogP contribution in [0, 0.1) is 36.5 Å². The van der Waals surface area contributed by atoms with Gasteiger partial charge in [0.25, 0.3) is 0 Å². The van der Waals surface area contributed by atoms with Crippen LogP contribution in [0.15, 0.2) is 78.9 Å². The molecule has 1 saturated carbocycles. The van der Waals surface area contributed by atoms with E-state index in [0.29, 0.717) is 18.5 Å². The molecule has 2 bridgehead atoms. The minimum absolute atomic E-state index is 0.0412. The van der Waals surface area contributed by atoms with Crippen molar-refractivity contribution in [1.82, 2.24) is 0 Å². The molecule has 2 aliphatic carbocycles. The lowest BCUT2D eigenvalue weighted by Crippen LogP contribution is -2.41. The molecule has 4 nitrogen and oxygen atoms in total. The molecule has 3 aromatic carbocycles. The summed E-state index contributed by atoms with van der Waals surface area (Å²) in [5.74, 6) is -1.86. The van der Waals surface area contributed by atoms with E-state index >= 15 is 0 Å². The second-order valence-electron chi connectivity index (χ2n) is 10.8. The normalized spacial score (nSPS) is 28.4. The predicted octanol–water partition coefficient (Wildman–Crippen LogP) is 6.41. The van der Waals surface area contributed by atoms with Crippen LogP contribution in [0.25, 0.3) is 11.1 Å². The van der Waals surface area contributed by atoms with Crippen molar-refractivity contribution in [2.45, 2.75) is 40.5 Å². The van der Waals surface area contributed by atoms with Crippen molar-refractivity contribution in [3.63, 3.8) is 0 Å². The van der Waals surface area contributed by atoms with Crippen LogP contribution in [0.1, 0.15) is 48.9 Å². The number of allylic oxidation sites excluding steroid dienone is 2. The highest BCUT2D eigenvalue weighted by atomic mass is 16.2. The number of rotatable bonds is 5. The van der Waals surface area contributed by atoms with Gasteiger partial charge in [0, 0.05) is 0 Å². The summed E-state index contributed by atoms with van der Waals surface area (Å²) in [6.07, 6.45) is 0.935. The second-order valence-corrected chi connectivity index (χ2v) is 10.8. The van der Waals surface area contributed by atoms with E-state index < -0.39 is 22.7 Å². The van der Waals surface area contributed by atoms with Crippen LogP contribution in [-0.2, 0) is 14.4 Å². The molecule has 1 saturated heterocycles. The molecule has 3 aliphatic rings. The van der Waals surface area contributed by atoms with Gasteiger partial charge in [-0.25, -0.2) is 4.90 Å². The third-order valence-corrected chi connectivity index (χ3v) is 9.03. The highest BCUT2D eigenvalue weighted by Gasteiger charge is 2.80. The number of carbonyl (C=O) groups excluding carboxylic acids is 3. The maximum absolute atomic E-state index is 14.7. The van der Waals surface area contributed by atoms with Gasteiger partial charge in [-0.05, 0) is 72.2 Å². The molecule has 0 spiro atoms. The average Bonchev–Trinajstić information content (AvgIpc) is 3.40. The van der Waals surface area contributed by atoms with Gasteiger partial charge in [-0.3, -0.25) is 14.4 Å². The largest absolute Gasteiger partial charge is 0.298 e. The molecule has 2 fully saturated rings. The van der Waals surface area contributed by atoms with Gasteiger partial charge in [0.2, 0.25) is 11.8 Å². The standard InChI is InChI=1S/C33H31NO3/c1-5-32-25(22-13-9-7-10-14-22)26(23-15-11-8-12-16-23)33(6-2,31(32)37)28-27(32)29(35)34(30(28)36)24-18-20(3)17-21(4)19-24/h7-19,27-28H,5-6H2,1-4H3/t27-,28+,32-,33+. The van der Waals surface area contributed by atoms with Gasteiger partial charge in [-0.15, -0.1) is 0 Å². The fourth-order valence-corrected chi connectivity index (χ4v) is 7.79. The summed E-state index contributed by atoms with van der Waals surface area (Å²) in [5.41, 5.74) is 4.27. The second kappa shape index (κ2) is 8.11. The molecule has 0 N–H and O–H groups in total. The Morgan fingerprint density at radius 2 is 1.05 bits per heavy atom. The smallest absolute Gasteiger partial charge is 0.239 e. The monoisotopic (exact) mass is 489 g/mol. The van der Waals surface area contributed by atoms with E-state index in [4.69, 9.17) is 0 Å². The van der Waals surface area contributed by atoms with Crippen LogP contribution in [0.2, 0.25) is 0 Å². The van der Waals surface area contributed by atoms with Gasteiger partial charge in [-0.1, -0.05) is 80.6 Å². The van der Waals surface area contributed by atoms with Crippen LogP contribution < -0.4 is 4.90 Å². The van der Waals surface area contributed by atoms with Crippen molar-refractivity contribution in [1.29, 1.82) is 0 Å². The third kappa shape index (κ3) is 2.81. The number of benzene rings is 3. The van der Waals surface area contributed by atoms with Gasteiger partial charge in [-0.2, -0.15) is 0 Å². The first-order chi connectivity index (χ1) is 17.8. The Labute approximate surface area is 218 Å². The molecule has 1 heterocycles. The number of carbonyl (C=O) groups is 3. The zero-order valence-electron chi connectivity index (χ0n) is 21.7. The number of imide groups is 1. The number of fused-ring (bicyclic) bond motifs is 5. The number of nitrogens with zero attached hydrogens (tertiary/aromatic N) is 1. The van der Waals surface area contributed by atoms with Crippen molar-refractivity contribution in [2.24, 2.45) is 22.7 Å². The van der Waals surface area contributed by atoms with Gasteiger partial charge < -0.3 is 0 Å². The highest BCUT2D eigenvalue weighted by molar-refractivity contribution is 6.34.